The number of benzene rings is 2. The van der Waals surface area contributed by atoms with Crippen LogP contribution in [0.25, 0.3) is 0 Å². The summed E-state index contributed by atoms with van der Waals surface area (Å²) >= 11 is 0. The van der Waals surface area contributed by atoms with Gasteiger partial charge in [-0.2, -0.15) is 0 Å². The lowest BCUT2D eigenvalue weighted by molar-refractivity contribution is -0.157. The van der Waals surface area contributed by atoms with Crippen LogP contribution in [0.4, 0.5) is 5.69 Å². The molecule has 2 aromatic carbocycles. The van der Waals surface area contributed by atoms with Gasteiger partial charge in [-0.1, -0.05) is 31.2 Å². The van der Waals surface area contributed by atoms with Crippen LogP contribution in [0.5, 0.6) is 0 Å². The molecule has 6 nitrogen and oxygen atoms in total. The Balaban J connectivity index is 1.60. The molecule has 1 aliphatic rings. The van der Waals surface area contributed by atoms with Crippen LogP contribution < -0.4 is 5.32 Å². The Labute approximate surface area is 171 Å². The van der Waals surface area contributed by atoms with Crippen LogP contribution in [-0.4, -0.2) is 46.7 Å². The number of nitrogens with one attached hydrogen (secondary N) is 1. The zero-order valence-electron chi connectivity index (χ0n) is 17.1. The molecular formula is C23H27N3O3. The molecule has 1 fully saturated rings. The number of piperazine rings is 1. The Kier molecular flexibility index (Phi) is 6.32. The molecule has 0 spiro atoms. The normalized spacial score (nSPS) is 14.5. The van der Waals surface area contributed by atoms with E-state index in [4.69, 9.17) is 0 Å². The van der Waals surface area contributed by atoms with Gasteiger partial charge in [-0.05, 0) is 55.7 Å². The van der Waals surface area contributed by atoms with E-state index < -0.39 is 11.8 Å². The number of nitrogens with zero attached hydrogens (tertiary/aromatic N) is 2. The number of hydrogen-bond acceptors (Lipinski definition) is 3. The zero-order valence-corrected chi connectivity index (χ0v) is 17.1. The number of anilines is 1. The summed E-state index contributed by atoms with van der Waals surface area (Å²) in [5, 5.41) is 2.88. The smallest absolute Gasteiger partial charge is 0.312 e. The summed E-state index contributed by atoms with van der Waals surface area (Å²) in [6.07, 6.45) is 0.955. The molecule has 0 atom stereocenters. The second-order valence-corrected chi connectivity index (χ2v) is 7.52. The fraction of sp³-hybridized carbons (Fsp3) is 0.348. The number of carbonyl (C=O) groups excluding carboxylic acids is 3. The maximum absolute atomic E-state index is 12.4. The molecule has 1 aliphatic heterocycles. The molecule has 0 aliphatic carbocycles. The first-order valence-corrected chi connectivity index (χ1v) is 9.98. The van der Waals surface area contributed by atoms with Gasteiger partial charge in [-0.3, -0.25) is 14.4 Å². The molecule has 0 saturated carbocycles. The van der Waals surface area contributed by atoms with E-state index in [-0.39, 0.29) is 11.9 Å². The fourth-order valence-corrected chi connectivity index (χ4v) is 3.34. The molecule has 6 heteroatoms. The van der Waals surface area contributed by atoms with Crippen molar-refractivity contribution in [1.82, 2.24) is 9.80 Å². The maximum Gasteiger partial charge on any atom is 0.312 e. The number of amides is 3. The molecule has 0 bridgehead atoms. The highest BCUT2D eigenvalue weighted by molar-refractivity contribution is 6.35. The predicted molar refractivity (Wildman–Crippen MR) is 112 cm³/mol. The van der Waals surface area contributed by atoms with Gasteiger partial charge >= 0.3 is 11.8 Å². The van der Waals surface area contributed by atoms with Gasteiger partial charge in [-0.25, -0.2) is 0 Å². The fourth-order valence-electron chi connectivity index (χ4n) is 3.34. The van der Waals surface area contributed by atoms with Crippen LogP contribution in [0.1, 0.15) is 42.3 Å². The van der Waals surface area contributed by atoms with Gasteiger partial charge in [0.05, 0.1) is 0 Å². The van der Waals surface area contributed by atoms with Gasteiger partial charge in [0.2, 0.25) is 0 Å². The summed E-state index contributed by atoms with van der Waals surface area (Å²) in [6, 6.07) is 14.9. The third-order valence-electron chi connectivity index (χ3n) is 5.17. The van der Waals surface area contributed by atoms with Crippen molar-refractivity contribution in [2.75, 3.05) is 18.4 Å². The molecule has 1 heterocycles. The molecule has 1 N–H and O–H groups in total. The molecule has 3 rings (SSSR count). The van der Waals surface area contributed by atoms with Crippen molar-refractivity contribution >= 4 is 23.4 Å². The molecule has 3 amide bonds. The van der Waals surface area contributed by atoms with Crippen LogP contribution in [-0.2, 0) is 22.6 Å². The first kappa shape index (κ1) is 20.6. The van der Waals surface area contributed by atoms with Crippen molar-refractivity contribution in [3.63, 3.8) is 0 Å². The summed E-state index contributed by atoms with van der Waals surface area (Å²) in [5.41, 5.74) is 3.39. The number of rotatable bonds is 6. The van der Waals surface area contributed by atoms with Gasteiger partial charge in [-0.15, -0.1) is 0 Å². The minimum atomic E-state index is -0.470. The van der Waals surface area contributed by atoms with Gasteiger partial charge < -0.3 is 15.1 Å². The molecule has 152 valence electrons. The van der Waals surface area contributed by atoms with E-state index in [0.717, 1.165) is 17.7 Å². The van der Waals surface area contributed by atoms with Crippen LogP contribution in [0, 0.1) is 0 Å². The molecule has 0 unspecified atom stereocenters. The van der Waals surface area contributed by atoms with Crippen molar-refractivity contribution in [3.05, 3.63) is 65.2 Å². The summed E-state index contributed by atoms with van der Waals surface area (Å²) in [4.78, 5) is 40.1. The Morgan fingerprint density at radius 3 is 2.14 bits per heavy atom. The van der Waals surface area contributed by atoms with Gasteiger partial charge in [0.15, 0.2) is 0 Å². The van der Waals surface area contributed by atoms with E-state index >= 15 is 0 Å². The van der Waals surface area contributed by atoms with Crippen molar-refractivity contribution < 1.29 is 14.4 Å². The first-order chi connectivity index (χ1) is 13.9. The van der Waals surface area contributed by atoms with Crippen LogP contribution in [0.2, 0.25) is 0 Å². The van der Waals surface area contributed by atoms with Gasteiger partial charge in [0, 0.05) is 36.9 Å². The predicted octanol–water partition coefficient (Wildman–Crippen LogP) is 3.08. The standard InChI is InChI=1S/C23H27N3O3/c1-4-17-7-11-20(12-8-17)24-21(27)19-9-5-18(6-10-19)15-25-13-14-26(16(2)3)23(29)22(25)28/h5-12,16H,4,13-15H2,1-3H3,(H,24,27). The quantitative estimate of drug-likeness (QED) is 0.767. The highest BCUT2D eigenvalue weighted by atomic mass is 16.2. The van der Waals surface area contributed by atoms with Gasteiger partial charge in [0.25, 0.3) is 5.91 Å². The Hall–Kier alpha value is -3.15. The number of hydrogen-bond donors (Lipinski definition) is 1. The van der Waals surface area contributed by atoms with Crippen LogP contribution >= 0.6 is 0 Å². The lowest BCUT2D eigenvalue weighted by Gasteiger charge is -2.36. The monoisotopic (exact) mass is 393 g/mol. The summed E-state index contributed by atoms with van der Waals surface area (Å²) < 4.78 is 0. The molecule has 0 aromatic heterocycles. The topological polar surface area (TPSA) is 69.7 Å². The Morgan fingerprint density at radius 1 is 0.931 bits per heavy atom. The van der Waals surface area contributed by atoms with E-state index in [1.165, 1.54) is 5.56 Å². The third-order valence-corrected chi connectivity index (χ3v) is 5.17. The minimum absolute atomic E-state index is 0.0181. The van der Waals surface area contributed by atoms with E-state index in [2.05, 4.69) is 12.2 Å². The Bertz CT molecular complexity index is 889. The minimum Gasteiger partial charge on any atom is -0.330 e. The van der Waals surface area contributed by atoms with Crippen LogP contribution in [0.3, 0.4) is 0 Å². The molecule has 29 heavy (non-hydrogen) atoms. The highest BCUT2D eigenvalue weighted by Crippen LogP contribution is 2.15. The van der Waals surface area contributed by atoms with E-state index in [0.29, 0.717) is 25.2 Å². The maximum atomic E-state index is 12.4. The second kappa shape index (κ2) is 8.90. The van der Waals surface area contributed by atoms with E-state index in [1.807, 2.05) is 50.2 Å². The average Bonchev–Trinajstić information content (AvgIpc) is 2.72. The van der Waals surface area contributed by atoms with E-state index in [9.17, 15) is 14.4 Å². The number of carbonyl (C=O) groups is 3. The average molecular weight is 393 g/mol. The van der Waals surface area contributed by atoms with Crippen molar-refractivity contribution in [1.29, 1.82) is 0 Å². The largest absolute Gasteiger partial charge is 0.330 e. The van der Waals surface area contributed by atoms with Crippen molar-refractivity contribution in [3.8, 4) is 0 Å². The SMILES string of the molecule is CCc1ccc(NC(=O)c2ccc(CN3CCN(C(C)C)C(=O)C3=O)cc2)cc1. The van der Waals surface area contributed by atoms with E-state index in [1.54, 1.807) is 21.9 Å². The molecule has 1 saturated heterocycles. The third kappa shape index (κ3) is 4.83. The molecule has 2 aromatic rings. The second-order valence-electron chi connectivity index (χ2n) is 7.52. The lowest BCUT2D eigenvalue weighted by atomic mass is 10.1. The molecule has 0 radical (unpaired) electrons. The first-order valence-electron chi connectivity index (χ1n) is 9.98. The summed E-state index contributed by atoms with van der Waals surface area (Å²) in [6.45, 7) is 7.31. The number of aryl methyl sites for hydroxylation is 1. The Morgan fingerprint density at radius 2 is 1.55 bits per heavy atom. The summed E-state index contributed by atoms with van der Waals surface area (Å²) in [7, 11) is 0. The van der Waals surface area contributed by atoms with Gasteiger partial charge in [0.1, 0.15) is 0 Å². The van der Waals surface area contributed by atoms with Crippen molar-refractivity contribution in [2.45, 2.75) is 39.8 Å². The van der Waals surface area contributed by atoms with Crippen molar-refractivity contribution in [2.24, 2.45) is 0 Å². The zero-order chi connectivity index (χ0) is 21.0. The summed E-state index contributed by atoms with van der Waals surface area (Å²) in [5.74, 6) is -1.10. The van der Waals surface area contributed by atoms with Crippen LogP contribution in [0.15, 0.2) is 48.5 Å². The lowest BCUT2D eigenvalue weighted by Crippen LogP contribution is -2.55. The molecular weight excluding hydrogens is 366 g/mol. The highest BCUT2D eigenvalue weighted by Gasteiger charge is 2.33.